The van der Waals surface area contributed by atoms with E-state index in [0.717, 1.165) is 44.2 Å². The van der Waals surface area contributed by atoms with Crippen LogP contribution in [0.5, 0.6) is 5.75 Å². The summed E-state index contributed by atoms with van der Waals surface area (Å²) in [6, 6.07) is 5.87. The topological polar surface area (TPSA) is 119 Å². The monoisotopic (exact) mass is 414 g/mol. The van der Waals surface area contributed by atoms with Crippen molar-refractivity contribution in [2.75, 3.05) is 5.32 Å². The number of urea groups is 1. The van der Waals surface area contributed by atoms with Crippen molar-refractivity contribution in [1.29, 1.82) is 0 Å². The van der Waals surface area contributed by atoms with E-state index in [-0.39, 0.29) is 22.5 Å². The quantitative estimate of drug-likeness (QED) is 0.478. The van der Waals surface area contributed by atoms with Crippen LogP contribution in [0.4, 0.5) is 10.5 Å². The van der Waals surface area contributed by atoms with Crippen LogP contribution in [0.25, 0.3) is 0 Å². The summed E-state index contributed by atoms with van der Waals surface area (Å²) < 4.78 is 15.0. The summed E-state index contributed by atoms with van der Waals surface area (Å²) in [4.78, 5) is 12.8. The normalized spacial score (nSPS) is 15.5. The fourth-order valence-electron chi connectivity index (χ4n) is 4.29. The van der Waals surface area contributed by atoms with Gasteiger partial charge in [-0.25, -0.2) is 9.00 Å². The van der Waals surface area contributed by atoms with E-state index in [9.17, 15) is 14.1 Å². The van der Waals surface area contributed by atoms with Gasteiger partial charge in [0.15, 0.2) is 11.0 Å². The molecule has 0 spiro atoms. The minimum absolute atomic E-state index is 0.126. The standard InChI is InChI=1S/C20H23BN2O5S/c24-18-8-7-15(10-14(18)11-21(26)27)29(28)23-20(25)22-19-16-5-1-3-12(16)9-13-4-2-6-17(13)19/h7-10,24,26-27H,1-6,11H2,(H2,22,23,25). The molecule has 0 aromatic heterocycles. The highest BCUT2D eigenvalue weighted by molar-refractivity contribution is 7.83. The molecule has 2 aliphatic carbocycles. The maximum absolute atomic E-state index is 12.6. The summed E-state index contributed by atoms with van der Waals surface area (Å²) in [7, 11) is -3.49. The Kier molecular flexibility index (Phi) is 5.62. The number of fused-ring (bicyclic) bond motifs is 2. The van der Waals surface area contributed by atoms with Gasteiger partial charge in [0.05, 0.1) is 4.90 Å². The summed E-state index contributed by atoms with van der Waals surface area (Å²) in [6.07, 6.45) is 5.88. The highest BCUT2D eigenvalue weighted by Crippen LogP contribution is 2.38. The molecule has 2 aromatic rings. The van der Waals surface area contributed by atoms with Gasteiger partial charge in [-0.15, -0.1) is 0 Å². The number of carbonyl (C=O) groups is 1. The summed E-state index contributed by atoms with van der Waals surface area (Å²) in [5, 5.41) is 31.0. The molecular weight excluding hydrogens is 391 g/mol. The number of carbonyl (C=O) groups excluding carboxylic acids is 1. The number of aromatic hydroxyl groups is 1. The Morgan fingerprint density at radius 2 is 1.69 bits per heavy atom. The molecule has 9 heteroatoms. The highest BCUT2D eigenvalue weighted by Gasteiger charge is 2.25. The third kappa shape index (κ3) is 4.17. The van der Waals surface area contributed by atoms with Gasteiger partial charge < -0.3 is 20.5 Å². The highest BCUT2D eigenvalue weighted by atomic mass is 32.2. The molecule has 1 atom stereocenters. The van der Waals surface area contributed by atoms with Crippen molar-refractivity contribution < 1.29 is 24.2 Å². The van der Waals surface area contributed by atoms with Crippen molar-refractivity contribution >= 4 is 29.8 Å². The molecule has 2 amide bonds. The number of aryl methyl sites for hydroxylation is 2. The number of benzene rings is 2. The largest absolute Gasteiger partial charge is 0.508 e. The van der Waals surface area contributed by atoms with Crippen LogP contribution in [0.15, 0.2) is 29.2 Å². The number of hydrogen-bond acceptors (Lipinski definition) is 5. The van der Waals surface area contributed by atoms with Gasteiger partial charge in [-0.1, -0.05) is 6.07 Å². The number of phenols is 1. The number of anilines is 1. The zero-order valence-electron chi connectivity index (χ0n) is 15.9. The smallest absolute Gasteiger partial charge is 0.456 e. The second kappa shape index (κ2) is 8.18. The van der Waals surface area contributed by atoms with E-state index in [2.05, 4.69) is 16.1 Å². The van der Waals surface area contributed by atoms with E-state index >= 15 is 0 Å². The molecule has 29 heavy (non-hydrogen) atoms. The molecule has 7 nitrogen and oxygen atoms in total. The maximum Gasteiger partial charge on any atom is 0.456 e. The van der Waals surface area contributed by atoms with Gasteiger partial charge in [0.2, 0.25) is 0 Å². The van der Waals surface area contributed by atoms with Crippen molar-refractivity contribution in [3.05, 3.63) is 52.1 Å². The molecule has 0 saturated carbocycles. The van der Waals surface area contributed by atoms with E-state index in [4.69, 9.17) is 10.0 Å². The summed E-state index contributed by atoms with van der Waals surface area (Å²) in [5.74, 6) is -0.126. The molecule has 152 valence electrons. The Labute approximate surface area is 171 Å². The lowest BCUT2D eigenvalue weighted by atomic mass is 9.82. The van der Waals surface area contributed by atoms with Gasteiger partial charge in [-0.05, 0) is 84.5 Å². The second-order valence-corrected chi connectivity index (χ2v) is 8.75. The first kappa shape index (κ1) is 19.9. The van der Waals surface area contributed by atoms with Gasteiger partial charge >= 0.3 is 13.1 Å². The Morgan fingerprint density at radius 1 is 1.03 bits per heavy atom. The first-order valence-corrected chi connectivity index (χ1v) is 10.9. The molecule has 1 unspecified atom stereocenters. The molecular formula is C20H23BN2O5S. The first-order valence-electron chi connectivity index (χ1n) is 9.76. The summed E-state index contributed by atoms with van der Waals surface area (Å²) in [6.45, 7) is 0. The number of amides is 2. The van der Waals surface area contributed by atoms with Gasteiger partial charge in [0, 0.05) is 12.0 Å². The van der Waals surface area contributed by atoms with Crippen LogP contribution >= 0.6 is 0 Å². The molecule has 0 bridgehead atoms. The van der Waals surface area contributed by atoms with Crippen molar-refractivity contribution in [2.45, 2.75) is 49.7 Å². The predicted octanol–water partition coefficient (Wildman–Crippen LogP) is 1.77. The maximum atomic E-state index is 12.6. The minimum Gasteiger partial charge on any atom is -0.508 e. The van der Waals surface area contributed by atoms with E-state index in [1.54, 1.807) is 0 Å². The van der Waals surface area contributed by atoms with Crippen LogP contribution in [0, 0.1) is 0 Å². The van der Waals surface area contributed by atoms with E-state index in [0.29, 0.717) is 0 Å². The molecule has 0 fully saturated rings. The number of nitrogens with one attached hydrogen (secondary N) is 2. The van der Waals surface area contributed by atoms with E-state index < -0.39 is 24.1 Å². The van der Waals surface area contributed by atoms with Crippen LogP contribution in [0.1, 0.15) is 40.7 Å². The van der Waals surface area contributed by atoms with Crippen molar-refractivity contribution in [2.24, 2.45) is 0 Å². The lowest BCUT2D eigenvalue weighted by Gasteiger charge is -2.16. The molecule has 0 heterocycles. The Bertz CT molecular complexity index is 963. The molecule has 2 aliphatic rings. The van der Waals surface area contributed by atoms with Crippen LogP contribution < -0.4 is 10.0 Å². The van der Waals surface area contributed by atoms with Gasteiger partial charge in [0.1, 0.15) is 5.75 Å². The summed E-state index contributed by atoms with van der Waals surface area (Å²) >= 11 is 0. The average molecular weight is 414 g/mol. The molecule has 0 aliphatic heterocycles. The SMILES string of the molecule is O=C(Nc1c2c(cc3c1CCC3)CCC2)NS(=O)c1ccc(O)c(CB(O)O)c1. The lowest BCUT2D eigenvalue weighted by Crippen LogP contribution is -2.31. The van der Waals surface area contributed by atoms with Crippen LogP contribution in [0.2, 0.25) is 0 Å². The lowest BCUT2D eigenvalue weighted by molar-refractivity contribution is 0.257. The number of phenolic OH excluding ortho intramolecular Hbond substituents is 1. The Balaban J connectivity index is 1.51. The van der Waals surface area contributed by atoms with Crippen molar-refractivity contribution in [1.82, 2.24) is 4.72 Å². The van der Waals surface area contributed by atoms with Crippen LogP contribution in [0.3, 0.4) is 0 Å². The molecule has 0 saturated heterocycles. The Hall–Kier alpha value is -2.36. The average Bonchev–Trinajstić information content (AvgIpc) is 3.32. The van der Waals surface area contributed by atoms with Gasteiger partial charge in [-0.3, -0.25) is 4.72 Å². The predicted molar refractivity (Wildman–Crippen MR) is 111 cm³/mol. The fourth-order valence-corrected chi connectivity index (χ4v) is 5.06. The molecule has 0 radical (unpaired) electrons. The van der Waals surface area contributed by atoms with E-state index in [1.165, 1.54) is 40.5 Å². The van der Waals surface area contributed by atoms with Crippen molar-refractivity contribution in [3.8, 4) is 5.75 Å². The number of rotatable bonds is 5. The van der Waals surface area contributed by atoms with Gasteiger partial charge in [-0.2, -0.15) is 0 Å². The minimum atomic E-state index is -1.85. The molecule has 4 rings (SSSR count). The Morgan fingerprint density at radius 3 is 2.31 bits per heavy atom. The first-order chi connectivity index (χ1) is 13.9. The molecule has 5 N–H and O–H groups in total. The van der Waals surface area contributed by atoms with Crippen molar-refractivity contribution in [3.63, 3.8) is 0 Å². The summed E-state index contributed by atoms with van der Waals surface area (Å²) in [5.41, 5.74) is 6.09. The van der Waals surface area contributed by atoms with Crippen LogP contribution in [-0.4, -0.2) is 32.5 Å². The van der Waals surface area contributed by atoms with E-state index in [1.807, 2.05) is 0 Å². The molecule has 2 aromatic carbocycles. The van der Waals surface area contributed by atoms with Crippen LogP contribution in [-0.2, 0) is 43.0 Å². The third-order valence-electron chi connectivity index (χ3n) is 5.56. The fraction of sp³-hybridized carbons (Fsp3) is 0.350. The number of hydrogen-bond donors (Lipinski definition) is 5. The zero-order chi connectivity index (χ0) is 20.5. The van der Waals surface area contributed by atoms with Gasteiger partial charge in [0.25, 0.3) is 0 Å². The zero-order valence-corrected chi connectivity index (χ0v) is 16.7. The third-order valence-corrected chi connectivity index (χ3v) is 6.62. The second-order valence-electron chi connectivity index (χ2n) is 7.53.